The molecule has 5 N–H and O–H groups in total. The number of fused-ring (bicyclic) bond motifs is 8. The van der Waals surface area contributed by atoms with Crippen molar-refractivity contribution in [2.24, 2.45) is 11.7 Å². The summed E-state index contributed by atoms with van der Waals surface area (Å²) in [5.74, 6) is -1.91. The van der Waals surface area contributed by atoms with Gasteiger partial charge < -0.3 is 21.5 Å². The van der Waals surface area contributed by atoms with Gasteiger partial charge in [-0.1, -0.05) is 6.07 Å². The molecule has 37 heavy (non-hydrogen) atoms. The zero-order valence-corrected chi connectivity index (χ0v) is 21.1. The summed E-state index contributed by atoms with van der Waals surface area (Å²) < 4.78 is 36.8. The first-order valence-electron chi connectivity index (χ1n) is 12.4. The Balaban J connectivity index is 1.76. The van der Waals surface area contributed by atoms with E-state index in [2.05, 4.69) is 15.3 Å². The number of nitrogen functional groups attached to an aromatic ring is 1. The van der Waals surface area contributed by atoms with E-state index in [0.29, 0.717) is 23.2 Å². The van der Waals surface area contributed by atoms with E-state index in [-0.39, 0.29) is 40.5 Å². The van der Waals surface area contributed by atoms with Crippen LogP contribution >= 0.6 is 0 Å². The first kappa shape index (κ1) is 25.2. The third kappa shape index (κ3) is 4.69. The first-order valence-corrected chi connectivity index (χ1v) is 12.4. The van der Waals surface area contributed by atoms with Gasteiger partial charge in [-0.3, -0.25) is 9.78 Å². The minimum atomic E-state index is -0.803. The molecule has 1 fully saturated rings. The van der Waals surface area contributed by atoms with Crippen molar-refractivity contribution in [3.8, 4) is 11.3 Å². The molecule has 0 unspecified atom stereocenters. The van der Waals surface area contributed by atoms with E-state index in [1.807, 2.05) is 26.0 Å². The molecule has 5 rings (SSSR count). The standard InChI is InChI=1S/C28H31F2N5O2/c1-28(2,37-3)17-9-16-7-14-6-15(10-18(31)8-14)19-4-5-33-13-23(19)34-27(36)26-22(32)12-21(30)25(35-26)24(16)20(29)11-17/h4-5,9,11-15,18H,6-8,10,31-32H2,1-3H3,(H,34,36)/t14-,15-,18+/m1/s1. The minimum absolute atomic E-state index is 0.0244. The maximum Gasteiger partial charge on any atom is 0.276 e. The van der Waals surface area contributed by atoms with Crippen molar-refractivity contribution in [3.05, 3.63) is 70.7 Å². The molecule has 0 radical (unpaired) electrons. The fourth-order valence-electron chi connectivity index (χ4n) is 5.68. The molecule has 7 nitrogen and oxygen atoms in total. The van der Waals surface area contributed by atoms with Crippen LogP contribution in [0.25, 0.3) is 11.3 Å². The second-order valence-electron chi connectivity index (χ2n) is 10.6. The van der Waals surface area contributed by atoms with Gasteiger partial charge in [0.25, 0.3) is 5.91 Å². The zero-order valence-electron chi connectivity index (χ0n) is 21.1. The van der Waals surface area contributed by atoms with Crippen LogP contribution in [0.5, 0.6) is 0 Å². The SMILES string of the molecule is COC(C)(C)c1cc(F)c2c(c1)C[C@@H]1C[C@H](N)C[C@@H](C1)c1ccncc1NC(=O)c1nc-2c(F)cc1N. The zero-order chi connectivity index (χ0) is 26.5. The number of pyridine rings is 2. The quantitative estimate of drug-likeness (QED) is 0.454. The normalized spacial score (nSPS) is 21.6. The second kappa shape index (κ2) is 9.46. The number of nitrogens with zero attached hydrogens (tertiary/aromatic N) is 2. The van der Waals surface area contributed by atoms with Gasteiger partial charge in [0.05, 0.1) is 23.2 Å². The lowest BCUT2D eigenvalue weighted by molar-refractivity contribution is 0.0189. The number of aromatic nitrogens is 2. The highest BCUT2D eigenvalue weighted by Gasteiger charge is 2.33. The second-order valence-corrected chi connectivity index (χ2v) is 10.6. The van der Waals surface area contributed by atoms with Crippen molar-refractivity contribution in [3.63, 3.8) is 0 Å². The smallest absolute Gasteiger partial charge is 0.276 e. The summed E-state index contributed by atoms with van der Waals surface area (Å²) >= 11 is 0. The largest absolute Gasteiger partial charge is 0.397 e. The Morgan fingerprint density at radius 1 is 1.11 bits per heavy atom. The van der Waals surface area contributed by atoms with Gasteiger partial charge in [0.1, 0.15) is 11.5 Å². The van der Waals surface area contributed by atoms with Gasteiger partial charge >= 0.3 is 0 Å². The molecule has 1 aliphatic heterocycles. The molecule has 194 valence electrons. The summed E-state index contributed by atoms with van der Waals surface area (Å²) in [5.41, 5.74) is 13.9. The summed E-state index contributed by atoms with van der Waals surface area (Å²) in [6, 6.07) is 6.02. The molecular weight excluding hydrogens is 476 g/mol. The predicted octanol–water partition coefficient (Wildman–Crippen LogP) is 4.90. The van der Waals surface area contributed by atoms with Crippen LogP contribution in [-0.4, -0.2) is 29.0 Å². The highest BCUT2D eigenvalue weighted by molar-refractivity contribution is 6.07. The molecule has 2 aliphatic rings. The summed E-state index contributed by atoms with van der Waals surface area (Å²) in [6.07, 6.45) is 5.98. The molecule has 1 aromatic carbocycles. The van der Waals surface area contributed by atoms with Crippen molar-refractivity contribution in [2.75, 3.05) is 18.2 Å². The lowest BCUT2D eigenvalue weighted by atomic mass is 9.73. The summed E-state index contributed by atoms with van der Waals surface area (Å²) in [5, 5.41) is 2.84. The minimum Gasteiger partial charge on any atom is -0.397 e. The molecule has 1 amide bonds. The van der Waals surface area contributed by atoms with Gasteiger partial charge in [-0.15, -0.1) is 0 Å². The Bertz CT molecular complexity index is 1380. The van der Waals surface area contributed by atoms with Gasteiger partial charge in [-0.05, 0) is 80.2 Å². The molecule has 3 aromatic rings. The molecule has 1 saturated carbocycles. The molecule has 0 spiro atoms. The number of carbonyl (C=O) groups excluding carboxylic acids is 1. The Morgan fingerprint density at radius 3 is 2.65 bits per heavy atom. The number of hydrogen-bond acceptors (Lipinski definition) is 6. The number of methoxy groups -OCH3 is 1. The van der Waals surface area contributed by atoms with Crippen LogP contribution in [0.1, 0.15) is 66.2 Å². The maximum absolute atomic E-state index is 15.9. The number of nitrogens with two attached hydrogens (primary N) is 2. The highest BCUT2D eigenvalue weighted by atomic mass is 19.1. The maximum atomic E-state index is 15.9. The van der Waals surface area contributed by atoms with E-state index in [0.717, 1.165) is 30.9 Å². The van der Waals surface area contributed by atoms with Gasteiger partial charge in [-0.2, -0.15) is 0 Å². The molecule has 4 bridgehead atoms. The van der Waals surface area contributed by atoms with Crippen LogP contribution in [-0.2, 0) is 16.8 Å². The van der Waals surface area contributed by atoms with Gasteiger partial charge in [-0.25, -0.2) is 13.8 Å². The molecule has 9 heteroatoms. The van der Waals surface area contributed by atoms with Crippen molar-refractivity contribution < 1.29 is 18.3 Å². The topological polar surface area (TPSA) is 116 Å². The van der Waals surface area contributed by atoms with Crippen LogP contribution < -0.4 is 16.8 Å². The predicted molar refractivity (Wildman–Crippen MR) is 138 cm³/mol. The number of hydrogen-bond donors (Lipinski definition) is 3. The lowest BCUT2D eigenvalue weighted by Crippen LogP contribution is -2.33. The average molecular weight is 508 g/mol. The van der Waals surface area contributed by atoms with Crippen molar-refractivity contribution in [1.29, 1.82) is 0 Å². The third-order valence-corrected chi connectivity index (χ3v) is 7.73. The number of rotatable bonds is 2. The number of anilines is 2. The summed E-state index contributed by atoms with van der Waals surface area (Å²) in [6.45, 7) is 3.69. The molecule has 0 saturated heterocycles. The fraction of sp³-hybridized carbons (Fsp3) is 0.393. The van der Waals surface area contributed by atoms with E-state index in [1.54, 1.807) is 19.5 Å². The summed E-state index contributed by atoms with van der Waals surface area (Å²) in [7, 11) is 1.56. The van der Waals surface area contributed by atoms with E-state index in [4.69, 9.17) is 16.2 Å². The lowest BCUT2D eigenvalue weighted by Gasteiger charge is -2.35. The fourth-order valence-corrected chi connectivity index (χ4v) is 5.68. The third-order valence-electron chi connectivity index (χ3n) is 7.73. The molecule has 3 atom stereocenters. The number of carbonyl (C=O) groups is 1. The van der Waals surface area contributed by atoms with Gasteiger partial charge in [0.15, 0.2) is 11.5 Å². The average Bonchev–Trinajstić information content (AvgIpc) is 2.84. The van der Waals surface area contributed by atoms with E-state index in [1.165, 1.54) is 6.07 Å². The van der Waals surface area contributed by atoms with Gasteiger partial charge in [0, 0.05) is 31.0 Å². The number of ether oxygens (including phenoxy) is 1. The Hall–Kier alpha value is -3.43. The van der Waals surface area contributed by atoms with Crippen molar-refractivity contribution >= 4 is 17.3 Å². The monoisotopic (exact) mass is 507 g/mol. The first-order chi connectivity index (χ1) is 17.6. The van der Waals surface area contributed by atoms with E-state index < -0.39 is 23.1 Å². The Kier molecular flexibility index (Phi) is 6.45. The number of benzene rings is 1. The highest BCUT2D eigenvalue weighted by Crippen LogP contribution is 2.42. The Morgan fingerprint density at radius 2 is 1.89 bits per heavy atom. The molecular formula is C28H31F2N5O2. The van der Waals surface area contributed by atoms with Crippen LogP contribution in [0.2, 0.25) is 0 Å². The van der Waals surface area contributed by atoms with Crippen molar-refractivity contribution in [2.45, 2.75) is 57.1 Å². The molecule has 1 aliphatic carbocycles. The number of amides is 1. The molecule has 2 aromatic heterocycles. The van der Waals surface area contributed by atoms with Crippen LogP contribution in [0, 0.1) is 17.6 Å². The van der Waals surface area contributed by atoms with E-state index >= 15 is 8.78 Å². The van der Waals surface area contributed by atoms with Crippen LogP contribution in [0.15, 0.2) is 36.7 Å². The Labute approximate surface area is 214 Å². The number of halogens is 2. The van der Waals surface area contributed by atoms with Crippen molar-refractivity contribution in [1.82, 2.24) is 9.97 Å². The van der Waals surface area contributed by atoms with E-state index in [9.17, 15) is 4.79 Å². The van der Waals surface area contributed by atoms with Gasteiger partial charge in [0.2, 0.25) is 0 Å². The van der Waals surface area contributed by atoms with Crippen LogP contribution in [0.4, 0.5) is 20.2 Å². The number of nitrogens with one attached hydrogen (secondary N) is 1. The summed E-state index contributed by atoms with van der Waals surface area (Å²) in [4.78, 5) is 21.7. The molecule has 3 heterocycles. The van der Waals surface area contributed by atoms with Crippen LogP contribution in [0.3, 0.4) is 0 Å².